The molecule has 1 N–H and O–H groups in total. The second kappa shape index (κ2) is 9.92. The number of rotatable bonds is 10. The van der Waals surface area contributed by atoms with E-state index in [1.807, 2.05) is 0 Å². The third kappa shape index (κ3) is 6.08. The first-order valence-corrected chi connectivity index (χ1v) is 10.7. The zero-order chi connectivity index (χ0) is 22.3. The van der Waals surface area contributed by atoms with E-state index in [0.717, 1.165) is 6.26 Å². The van der Waals surface area contributed by atoms with Gasteiger partial charge in [0.15, 0.2) is 0 Å². The van der Waals surface area contributed by atoms with Crippen LogP contribution in [0.15, 0.2) is 42.5 Å². The first-order chi connectivity index (χ1) is 14.2. The van der Waals surface area contributed by atoms with Crippen LogP contribution in [0.3, 0.4) is 0 Å². The van der Waals surface area contributed by atoms with Crippen LogP contribution in [0.5, 0.6) is 11.5 Å². The van der Waals surface area contributed by atoms with E-state index >= 15 is 0 Å². The molecule has 162 valence electrons. The molecule has 2 aromatic rings. The van der Waals surface area contributed by atoms with Gasteiger partial charge in [-0.1, -0.05) is 6.07 Å². The summed E-state index contributed by atoms with van der Waals surface area (Å²) < 4.78 is 35.8. The minimum atomic E-state index is -3.57. The van der Waals surface area contributed by atoms with Gasteiger partial charge in [0, 0.05) is 31.2 Å². The summed E-state index contributed by atoms with van der Waals surface area (Å²) in [6.45, 7) is 0.0749. The van der Waals surface area contributed by atoms with Crippen molar-refractivity contribution in [3.8, 4) is 11.5 Å². The summed E-state index contributed by atoms with van der Waals surface area (Å²) in [7, 11) is -0.708. The van der Waals surface area contributed by atoms with Gasteiger partial charge < -0.3 is 14.8 Å². The average Bonchev–Trinajstić information content (AvgIpc) is 2.70. The Kier molecular flexibility index (Phi) is 7.59. The van der Waals surface area contributed by atoms with Gasteiger partial charge in [0.1, 0.15) is 11.5 Å². The highest BCUT2D eigenvalue weighted by atomic mass is 32.2. The Labute approximate surface area is 174 Å². The minimum absolute atomic E-state index is 0.00182. The van der Waals surface area contributed by atoms with Crippen molar-refractivity contribution in [3.05, 3.63) is 52.6 Å². The summed E-state index contributed by atoms with van der Waals surface area (Å²) in [4.78, 5) is 22.7. The molecule has 0 aliphatic rings. The Morgan fingerprint density at radius 1 is 1.17 bits per heavy atom. The third-order valence-electron chi connectivity index (χ3n) is 4.17. The number of nitro benzene ring substituents is 1. The van der Waals surface area contributed by atoms with E-state index in [2.05, 4.69) is 5.32 Å². The number of hydrogen-bond acceptors (Lipinski definition) is 7. The lowest BCUT2D eigenvalue weighted by Crippen LogP contribution is -2.31. The number of hydrogen-bond donors (Lipinski definition) is 1. The van der Waals surface area contributed by atoms with Crippen molar-refractivity contribution in [1.29, 1.82) is 0 Å². The Bertz CT molecular complexity index is 1020. The molecular formula is C19H23N3O7S. The predicted octanol–water partition coefficient (Wildman–Crippen LogP) is 2.80. The molecule has 0 unspecified atom stereocenters. The summed E-state index contributed by atoms with van der Waals surface area (Å²) in [6.07, 6.45) is 1.32. The molecule has 2 rings (SSSR count). The van der Waals surface area contributed by atoms with Crippen molar-refractivity contribution in [3.63, 3.8) is 0 Å². The maximum Gasteiger partial charge on any atom is 0.271 e. The van der Waals surface area contributed by atoms with Gasteiger partial charge in [-0.25, -0.2) is 8.42 Å². The lowest BCUT2D eigenvalue weighted by molar-refractivity contribution is -0.384. The molecule has 0 aliphatic carbocycles. The highest BCUT2D eigenvalue weighted by Crippen LogP contribution is 2.29. The van der Waals surface area contributed by atoms with E-state index in [0.29, 0.717) is 11.4 Å². The molecule has 0 saturated heterocycles. The molecule has 1 amide bonds. The van der Waals surface area contributed by atoms with E-state index in [4.69, 9.17) is 9.47 Å². The monoisotopic (exact) mass is 437 g/mol. The number of amides is 1. The molecule has 0 spiro atoms. The van der Waals surface area contributed by atoms with Crippen LogP contribution in [0.2, 0.25) is 0 Å². The second-order valence-corrected chi connectivity index (χ2v) is 8.24. The summed E-state index contributed by atoms with van der Waals surface area (Å²) in [5, 5.41) is 13.5. The summed E-state index contributed by atoms with van der Waals surface area (Å²) in [5.74, 6) is 0.368. The lowest BCUT2D eigenvalue weighted by atomic mass is 10.2. The highest BCUT2D eigenvalue weighted by Gasteiger charge is 2.19. The quantitative estimate of drug-likeness (QED) is 0.447. The van der Waals surface area contributed by atoms with Gasteiger partial charge in [0.05, 0.1) is 36.8 Å². The third-order valence-corrected chi connectivity index (χ3v) is 5.37. The Balaban J connectivity index is 2.06. The van der Waals surface area contributed by atoms with Crippen molar-refractivity contribution in [2.75, 3.05) is 36.6 Å². The van der Waals surface area contributed by atoms with Crippen LogP contribution in [0, 0.1) is 10.1 Å². The fraction of sp³-hybridized carbons (Fsp3) is 0.316. The predicted molar refractivity (Wildman–Crippen MR) is 113 cm³/mol. The van der Waals surface area contributed by atoms with Crippen LogP contribution in [-0.2, 0) is 14.8 Å². The number of non-ortho nitro benzene ring substituents is 1. The van der Waals surface area contributed by atoms with Gasteiger partial charge in [-0.05, 0) is 24.6 Å². The van der Waals surface area contributed by atoms with Crippen molar-refractivity contribution in [1.82, 2.24) is 0 Å². The highest BCUT2D eigenvalue weighted by molar-refractivity contribution is 7.92. The van der Waals surface area contributed by atoms with E-state index in [1.54, 1.807) is 24.3 Å². The summed E-state index contributed by atoms with van der Waals surface area (Å²) >= 11 is 0. The fourth-order valence-electron chi connectivity index (χ4n) is 2.76. The summed E-state index contributed by atoms with van der Waals surface area (Å²) in [6, 6.07) is 10.5. The van der Waals surface area contributed by atoms with Gasteiger partial charge in [0.25, 0.3) is 5.69 Å². The van der Waals surface area contributed by atoms with Gasteiger partial charge in [-0.15, -0.1) is 0 Å². The first kappa shape index (κ1) is 22.9. The van der Waals surface area contributed by atoms with Gasteiger partial charge in [0.2, 0.25) is 15.9 Å². The number of methoxy groups -OCH3 is 2. The zero-order valence-corrected chi connectivity index (χ0v) is 17.6. The number of anilines is 2. The van der Waals surface area contributed by atoms with E-state index in [1.165, 1.54) is 36.7 Å². The number of nitrogens with zero attached hydrogens (tertiary/aromatic N) is 2. The number of ether oxygens (including phenoxy) is 2. The molecule has 0 atom stereocenters. The molecule has 0 radical (unpaired) electrons. The lowest BCUT2D eigenvalue weighted by Gasteiger charge is -2.22. The van der Waals surface area contributed by atoms with Crippen LogP contribution in [0.25, 0.3) is 0 Å². The molecule has 0 bridgehead atoms. The maximum absolute atomic E-state index is 12.3. The van der Waals surface area contributed by atoms with Crippen molar-refractivity contribution >= 4 is 33.0 Å². The minimum Gasteiger partial charge on any atom is -0.497 e. The molecule has 0 heterocycles. The molecule has 10 nitrogen and oxygen atoms in total. The van der Waals surface area contributed by atoms with Crippen molar-refractivity contribution < 1.29 is 27.6 Å². The Morgan fingerprint density at radius 2 is 1.90 bits per heavy atom. The number of carbonyl (C=O) groups excluding carboxylic acids is 1. The second-order valence-electron chi connectivity index (χ2n) is 6.33. The van der Waals surface area contributed by atoms with Gasteiger partial charge >= 0.3 is 0 Å². The SMILES string of the molecule is COc1cccc(N(CCCC(=O)Nc2cc([N+](=O)[O-])ccc2OC)S(C)(=O)=O)c1. The summed E-state index contributed by atoms with van der Waals surface area (Å²) in [5.41, 5.74) is 0.412. The molecule has 0 fully saturated rings. The average molecular weight is 437 g/mol. The number of sulfonamides is 1. The zero-order valence-electron chi connectivity index (χ0n) is 16.8. The Hall–Kier alpha value is -3.34. The number of nitro groups is 1. The normalized spacial score (nSPS) is 10.9. The molecular weight excluding hydrogens is 414 g/mol. The van der Waals surface area contributed by atoms with Gasteiger partial charge in [-0.3, -0.25) is 19.2 Å². The van der Waals surface area contributed by atoms with Crippen LogP contribution in [0.4, 0.5) is 17.1 Å². The number of carbonyl (C=O) groups is 1. The van der Waals surface area contributed by atoms with Crippen molar-refractivity contribution in [2.24, 2.45) is 0 Å². The van der Waals surface area contributed by atoms with Crippen LogP contribution in [0.1, 0.15) is 12.8 Å². The first-order valence-electron chi connectivity index (χ1n) is 8.89. The number of benzene rings is 2. The van der Waals surface area contributed by atoms with Crippen LogP contribution in [-0.4, -0.2) is 46.3 Å². The van der Waals surface area contributed by atoms with E-state index in [-0.39, 0.29) is 36.5 Å². The molecule has 0 saturated carbocycles. The Morgan fingerprint density at radius 3 is 2.50 bits per heavy atom. The van der Waals surface area contributed by atoms with Crippen LogP contribution >= 0.6 is 0 Å². The standard InChI is InChI=1S/C19H23N3O7S/c1-28-16-7-4-6-14(12-16)21(30(3,26)27)11-5-8-19(23)20-17-13-15(22(24)25)9-10-18(17)29-2/h4,6-7,9-10,12-13H,5,8,11H2,1-3H3,(H,20,23). The van der Waals surface area contributed by atoms with E-state index in [9.17, 15) is 23.3 Å². The topological polar surface area (TPSA) is 128 Å². The van der Waals surface area contributed by atoms with Crippen molar-refractivity contribution in [2.45, 2.75) is 12.8 Å². The van der Waals surface area contributed by atoms with Gasteiger partial charge in [-0.2, -0.15) is 0 Å². The smallest absolute Gasteiger partial charge is 0.271 e. The molecule has 30 heavy (non-hydrogen) atoms. The molecule has 11 heteroatoms. The largest absolute Gasteiger partial charge is 0.497 e. The molecule has 0 aliphatic heterocycles. The molecule has 0 aromatic heterocycles. The van der Waals surface area contributed by atoms with E-state index < -0.39 is 20.9 Å². The number of nitrogens with one attached hydrogen (secondary N) is 1. The maximum atomic E-state index is 12.3. The van der Waals surface area contributed by atoms with Crippen LogP contribution < -0.4 is 19.1 Å². The molecule has 2 aromatic carbocycles. The fourth-order valence-corrected chi connectivity index (χ4v) is 3.71.